The number of likely N-dealkylation sites (tertiary alicyclic amines) is 9. The van der Waals surface area contributed by atoms with Gasteiger partial charge in [-0.05, 0) is 449 Å². The number of likely N-dealkylation sites (N-methyl/N-ethyl adjacent to an activating group) is 1. The highest BCUT2D eigenvalue weighted by Crippen LogP contribution is 2.48. The molecule has 107 heavy (non-hydrogen) atoms. The Hall–Kier alpha value is -0.720. The summed E-state index contributed by atoms with van der Waals surface area (Å²) in [5, 5.41) is 24.1. The Morgan fingerprint density at radius 2 is 0.505 bits per heavy atom. The molecule has 3 aliphatic carbocycles. The van der Waals surface area contributed by atoms with Gasteiger partial charge < -0.3 is 91.0 Å². The van der Waals surface area contributed by atoms with Crippen LogP contribution in [-0.2, 0) is 4.74 Å². The van der Waals surface area contributed by atoms with Crippen LogP contribution in [0.5, 0.6) is 0 Å². The van der Waals surface area contributed by atoms with E-state index in [4.69, 9.17) is 4.74 Å². The number of nitrogens with one attached hydrogen (secondary N) is 7. The normalized spacial score (nSPS) is 32.5. The molecule has 20 rings (SSSR count). The van der Waals surface area contributed by atoms with Crippen LogP contribution in [0.25, 0.3) is 0 Å². The topological polar surface area (TPSA) is 126 Å². The van der Waals surface area contributed by atoms with Crippen molar-refractivity contribution < 1.29 is 4.74 Å². The highest BCUT2D eigenvalue weighted by molar-refractivity contribution is 5.06. The van der Waals surface area contributed by atoms with Crippen molar-refractivity contribution in [2.75, 3.05) is 300 Å². The first-order valence-corrected chi connectivity index (χ1v) is 46.0. The van der Waals surface area contributed by atoms with Crippen molar-refractivity contribution in [2.24, 2.45) is 48.7 Å². The molecule has 17 heterocycles. The second-order valence-corrected chi connectivity index (χ2v) is 41.7. The first-order valence-electron chi connectivity index (χ1n) is 46.0. The van der Waals surface area contributed by atoms with E-state index >= 15 is 0 Å². The minimum atomic E-state index is 0.574. The number of piperazine rings is 1. The average molecular weight is 1500 g/mol. The zero-order chi connectivity index (χ0) is 75.2. The van der Waals surface area contributed by atoms with E-state index in [9.17, 15) is 0 Å². The van der Waals surface area contributed by atoms with Crippen molar-refractivity contribution >= 4 is 0 Å². The lowest BCUT2D eigenvalue weighted by molar-refractivity contribution is -0.0391. The summed E-state index contributed by atoms with van der Waals surface area (Å²) in [4.78, 5) is 24.5. The third-order valence-electron chi connectivity index (χ3n) is 32.4. The molecule has 17 aliphatic heterocycles. The fourth-order valence-corrected chi connectivity index (χ4v) is 23.7. The molecular formula is C89H175N17O. The molecule has 18 nitrogen and oxygen atoms in total. The smallest absolute Gasteiger partial charge is 0.0523 e. The lowest BCUT2D eigenvalue weighted by Gasteiger charge is -2.51. The Balaban J connectivity index is 0.000000119. The standard InChI is InChI=1S/C10H20N2.C10H19NO.2C10H19N.2C9H18N2.3C8H16N2.C7H14N2/c1-12-8-4-10(5-9-12)2-6-11-7-3-10;1-11-6-4-10(5-7-11)3-2-8-12-9-10;1-11-8-4-7-10(9-11)5-2-3-6-10;1-11-8-6-10(7-9-11)4-2-3-5-10;1-11-6-3-9(4-7-11)2-5-10-8-9;1-11-7-4-9(8-11)2-5-10-6-3-9;1-10-4-2-8(3-5-10)6-9-7-8;1-10-5-3-8(7-10)2-4-9-6-8;1-10-6-8(7-10)2-4-9-5-3-8;1-9-5-4-8-7(6-9)2-3-7/h11H,2-9H2,1H3;2-9H2,1H3;2*2-9H2,1H3;2*10H,2-8H2,1H3;3*9H,2-7H2,1H3;8H,2-6H2,1H3. The van der Waals surface area contributed by atoms with Crippen LogP contribution in [0, 0.1) is 48.7 Å². The second kappa shape index (κ2) is 41.4. The molecule has 0 amide bonds. The van der Waals surface area contributed by atoms with Crippen molar-refractivity contribution in [2.45, 2.75) is 224 Å². The van der Waals surface area contributed by atoms with Gasteiger partial charge in [0.2, 0.25) is 0 Å². The highest BCUT2D eigenvalue weighted by atomic mass is 16.5. The Kier molecular flexibility index (Phi) is 33.7. The summed E-state index contributed by atoms with van der Waals surface area (Å²) >= 11 is 0. The molecule has 1 unspecified atom stereocenters. The van der Waals surface area contributed by atoms with Gasteiger partial charge >= 0.3 is 0 Å². The van der Waals surface area contributed by atoms with Crippen LogP contribution >= 0.6 is 0 Å². The van der Waals surface area contributed by atoms with Gasteiger partial charge in [0.15, 0.2) is 0 Å². The van der Waals surface area contributed by atoms with Gasteiger partial charge in [-0.25, -0.2) is 0 Å². The number of hydrogen-bond acceptors (Lipinski definition) is 18. The van der Waals surface area contributed by atoms with E-state index in [0.717, 1.165) is 40.3 Å². The molecule has 0 aromatic rings. The maximum absolute atomic E-state index is 5.58. The molecule has 17 saturated heterocycles. The van der Waals surface area contributed by atoms with E-state index in [1.54, 1.807) is 0 Å². The molecule has 10 spiro atoms. The van der Waals surface area contributed by atoms with Crippen LogP contribution in [0.1, 0.15) is 218 Å². The van der Waals surface area contributed by atoms with Crippen LogP contribution in [0.15, 0.2) is 0 Å². The minimum Gasteiger partial charge on any atom is -0.381 e. The minimum absolute atomic E-state index is 0.574. The number of nitrogens with zero attached hydrogens (tertiary/aromatic N) is 10. The lowest BCUT2D eigenvalue weighted by atomic mass is 9.72. The Morgan fingerprint density at radius 3 is 0.879 bits per heavy atom. The SMILES string of the molecule is CN1CC2(CCNCC2)C1.CN1CCC2(CC1)CNC2.CN1CCC2(CCCC2)CC1.CN1CCC2(CCCOC2)CC1.CN1CCC2(CCNC2)C1.CN1CCC2(CCNC2)CC1.CN1CCC2(CCNCC2)C1.CN1CCC2(CCNCC2)CC1.CN1CCCC2(CCCC2)C1.CN1CCNC2(CC2)C1. The van der Waals surface area contributed by atoms with E-state index in [2.05, 4.69) is 157 Å². The van der Waals surface area contributed by atoms with Gasteiger partial charge in [-0.1, -0.05) is 25.7 Å². The van der Waals surface area contributed by atoms with Crippen LogP contribution in [0.3, 0.4) is 0 Å². The molecule has 20 aliphatic rings. The molecule has 1 atom stereocenters. The number of rotatable bonds is 0. The largest absolute Gasteiger partial charge is 0.381 e. The van der Waals surface area contributed by atoms with Gasteiger partial charge in [-0.2, -0.15) is 0 Å². The van der Waals surface area contributed by atoms with Crippen LogP contribution < -0.4 is 37.2 Å². The maximum atomic E-state index is 5.58. The summed E-state index contributed by atoms with van der Waals surface area (Å²) in [6, 6.07) is 0. The zero-order valence-corrected chi connectivity index (χ0v) is 72.2. The van der Waals surface area contributed by atoms with E-state index < -0.39 is 0 Å². The molecular weight excluding hydrogens is 1320 g/mol. The molecule has 0 radical (unpaired) electrons. The Morgan fingerprint density at radius 1 is 0.196 bits per heavy atom. The maximum Gasteiger partial charge on any atom is 0.0523 e. The monoisotopic (exact) mass is 1500 g/mol. The van der Waals surface area contributed by atoms with Crippen molar-refractivity contribution in [3.63, 3.8) is 0 Å². The zero-order valence-electron chi connectivity index (χ0n) is 72.2. The van der Waals surface area contributed by atoms with Gasteiger partial charge in [-0.3, -0.25) is 0 Å². The number of piperidine rings is 9. The van der Waals surface area contributed by atoms with Crippen LogP contribution in [-0.4, -0.2) is 354 Å². The summed E-state index contributed by atoms with van der Waals surface area (Å²) < 4.78 is 5.58. The Bertz CT molecular complexity index is 2320. The van der Waals surface area contributed by atoms with E-state index in [-0.39, 0.29) is 0 Å². The van der Waals surface area contributed by atoms with Gasteiger partial charge in [0, 0.05) is 90.7 Å². The van der Waals surface area contributed by atoms with Crippen molar-refractivity contribution in [3.05, 3.63) is 0 Å². The fourth-order valence-electron chi connectivity index (χ4n) is 23.7. The summed E-state index contributed by atoms with van der Waals surface area (Å²) in [5.74, 6) is 0. The summed E-state index contributed by atoms with van der Waals surface area (Å²) in [7, 11) is 22.3. The van der Waals surface area contributed by atoms with Crippen molar-refractivity contribution in [1.82, 2.24) is 86.2 Å². The molecule has 622 valence electrons. The fraction of sp³-hybridized carbons (Fsp3) is 1.00. The molecule has 0 bridgehead atoms. The third kappa shape index (κ3) is 26.9. The predicted octanol–water partition coefficient (Wildman–Crippen LogP) is 9.48. The van der Waals surface area contributed by atoms with Crippen LogP contribution in [0.2, 0.25) is 0 Å². The van der Waals surface area contributed by atoms with Crippen molar-refractivity contribution in [1.29, 1.82) is 0 Å². The van der Waals surface area contributed by atoms with E-state index in [1.807, 2.05) is 0 Å². The van der Waals surface area contributed by atoms with E-state index in [1.165, 1.54) is 434 Å². The van der Waals surface area contributed by atoms with E-state index in [0.29, 0.717) is 27.2 Å². The van der Waals surface area contributed by atoms with Gasteiger partial charge in [0.25, 0.3) is 0 Å². The van der Waals surface area contributed by atoms with Gasteiger partial charge in [-0.15, -0.1) is 0 Å². The number of hydrogen-bond donors (Lipinski definition) is 7. The third-order valence-corrected chi connectivity index (χ3v) is 32.4. The highest BCUT2D eigenvalue weighted by Gasteiger charge is 2.47. The predicted molar refractivity (Wildman–Crippen MR) is 453 cm³/mol. The molecule has 18 heteroatoms. The van der Waals surface area contributed by atoms with Gasteiger partial charge in [0.1, 0.15) is 0 Å². The molecule has 0 aromatic heterocycles. The first-order chi connectivity index (χ1) is 51.6. The molecule has 20 fully saturated rings. The lowest BCUT2D eigenvalue weighted by Crippen LogP contribution is -2.58. The number of ether oxygens (including phenoxy) is 1. The molecule has 0 aromatic carbocycles. The quantitative estimate of drug-likeness (QED) is 0.124. The van der Waals surface area contributed by atoms with Gasteiger partial charge in [0.05, 0.1) is 6.61 Å². The summed E-state index contributed by atoms with van der Waals surface area (Å²) in [6.45, 7) is 44.6. The average Bonchev–Trinajstić information content (AvgIpc) is 1.64. The summed E-state index contributed by atoms with van der Waals surface area (Å²) in [6.07, 6.45) is 48.8. The van der Waals surface area contributed by atoms with Crippen LogP contribution in [0.4, 0.5) is 0 Å². The second-order valence-electron chi connectivity index (χ2n) is 41.7. The summed E-state index contributed by atoms with van der Waals surface area (Å²) in [5.41, 5.74) is 7.02. The first kappa shape index (κ1) is 87.1. The molecule has 7 N–H and O–H groups in total. The Labute approximate surface area is 659 Å². The van der Waals surface area contributed by atoms with Crippen molar-refractivity contribution in [3.8, 4) is 0 Å². The molecule has 3 saturated carbocycles.